The smallest absolute Gasteiger partial charge is 0.318 e. The molecule has 9 heteroatoms. The highest BCUT2D eigenvalue weighted by Gasteiger charge is 2.35. The zero-order valence-electron chi connectivity index (χ0n) is 14.1. The fourth-order valence-electron chi connectivity index (χ4n) is 3.01. The van der Waals surface area contributed by atoms with E-state index in [1.54, 1.807) is 18.5 Å². The maximum atomic E-state index is 14.6. The van der Waals surface area contributed by atoms with Gasteiger partial charge < -0.3 is 19.9 Å². The molecule has 1 aromatic heterocycles. The Balaban J connectivity index is 1.86. The van der Waals surface area contributed by atoms with Crippen molar-refractivity contribution >= 4 is 27.9 Å². The molecule has 26 heavy (non-hydrogen) atoms. The number of fused-ring (bicyclic) bond motifs is 1. The van der Waals surface area contributed by atoms with Crippen molar-refractivity contribution in [2.75, 3.05) is 20.2 Å². The quantitative estimate of drug-likeness (QED) is 0.738. The largest absolute Gasteiger partial charge is 0.469 e. The molecule has 2 aromatic rings. The van der Waals surface area contributed by atoms with E-state index in [1.807, 2.05) is 0 Å². The minimum absolute atomic E-state index is 0.0705. The number of urea groups is 1. The molecular weight excluding hydrogens is 407 g/mol. The Bertz CT molecular complexity index is 826. The molecule has 1 aliphatic rings. The number of nitrogens with zero attached hydrogens (tertiary/aromatic N) is 2. The van der Waals surface area contributed by atoms with Crippen molar-refractivity contribution in [2.24, 2.45) is 0 Å². The molecule has 0 spiro atoms. The number of hydrogen-bond acceptors (Lipinski definition) is 4. The van der Waals surface area contributed by atoms with Gasteiger partial charge >= 0.3 is 12.0 Å². The van der Waals surface area contributed by atoms with Gasteiger partial charge in [0.2, 0.25) is 0 Å². The van der Waals surface area contributed by atoms with Crippen LogP contribution >= 0.6 is 15.9 Å². The molecule has 0 fully saturated rings. The van der Waals surface area contributed by atoms with E-state index in [0.29, 0.717) is 28.7 Å². The normalized spacial score (nSPS) is 16.1. The van der Waals surface area contributed by atoms with E-state index in [0.717, 1.165) is 5.69 Å². The number of carbonyl (C=O) groups is 2. The average Bonchev–Trinajstić information content (AvgIpc) is 3.09. The van der Waals surface area contributed by atoms with Gasteiger partial charge in [-0.05, 0) is 12.1 Å². The molecule has 138 valence electrons. The number of esters is 1. The van der Waals surface area contributed by atoms with Gasteiger partial charge in [-0.15, -0.1) is 0 Å². The number of methoxy groups -OCH3 is 1. The first-order chi connectivity index (χ1) is 12.5. The number of carbonyl (C=O) groups excluding carboxylic acids is 2. The van der Waals surface area contributed by atoms with Crippen LogP contribution in [0.2, 0.25) is 0 Å². The van der Waals surface area contributed by atoms with Crippen LogP contribution in [0.1, 0.15) is 29.4 Å². The van der Waals surface area contributed by atoms with Crippen LogP contribution in [0, 0.1) is 5.82 Å². The van der Waals surface area contributed by atoms with E-state index in [4.69, 9.17) is 0 Å². The maximum Gasteiger partial charge on any atom is 0.318 e. The minimum Gasteiger partial charge on any atom is -0.469 e. The van der Waals surface area contributed by atoms with E-state index in [-0.39, 0.29) is 19.0 Å². The van der Waals surface area contributed by atoms with Crippen molar-refractivity contribution < 1.29 is 18.7 Å². The van der Waals surface area contributed by atoms with Gasteiger partial charge in [-0.25, -0.2) is 14.2 Å². The fourth-order valence-corrected chi connectivity index (χ4v) is 3.34. The second-order valence-electron chi connectivity index (χ2n) is 5.84. The van der Waals surface area contributed by atoms with Crippen molar-refractivity contribution in [3.63, 3.8) is 0 Å². The summed E-state index contributed by atoms with van der Waals surface area (Å²) in [4.78, 5) is 32.7. The number of rotatable bonds is 4. The van der Waals surface area contributed by atoms with E-state index in [9.17, 15) is 14.0 Å². The van der Waals surface area contributed by atoms with Crippen molar-refractivity contribution in [1.82, 2.24) is 20.2 Å². The molecule has 2 N–H and O–H groups in total. The lowest BCUT2D eigenvalue weighted by Gasteiger charge is -2.35. The van der Waals surface area contributed by atoms with Crippen LogP contribution in [0.4, 0.5) is 9.18 Å². The van der Waals surface area contributed by atoms with Crippen molar-refractivity contribution in [3.05, 3.63) is 51.8 Å². The minimum atomic E-state index is -0.642. The standard InChI is InChI=1S/C17H18BrFN4O3/c1-26-14(24)4-6-20-17(25)23-7-5-13-15(22-9-21-13)16(23)11-3-2-10(18)8-12(11)19/h2-3,8-9,16H,4-7H2,1H3,(H,20,25)(H,21,22)/t16-/m0/s1. The average molecular weight is 425 g/mol. The number of aromatic nitrogens is 2. The number of H-pyrrole nitrogens is 1. The molecule has 1 aliphatic heterocycles. The van der Waals surface area contributed by atoms with Gasteiger partial charge in [-0.2, -0.15) is 0 Å². The van der Waals surface area contributed by atoms with Crippen LogP contribution in [0.5, 0.6) is 0 Å². The Morgan fingerprint density at radius 2 is 2.31 bits per heavy atom. The van der Waals surface area contributed by atoms with Crippen LogP contribution < -0.4 is 5.32 Å². The Morgan fingerprint density at radius 1 is 1.50 bits per heavy atom. The zero-order chi connectivity index (χ0) is 18.7. The first kappa shape index (κ1) is 18.4. The lowest BCUT2D eigenvalue weighted by atomic mass is 9.95. The number of hydrogen-bond donors (Lipinski definition) is 2. The third kappa shape index (κ3) is 3.72. The van der Waals surface area contributed by atoms with Gasteiger partial charge in [-0.1, -0.05) is 22.0 Å². The molecule has 0 unspecified atom stereocenters. The molecule has 1 aromatic carbocycles. The van der Waals surface area contributed by atoms with Crippen molar-refractivity contribution in [3.8, 4) is 0 Å². The van der Waals surface area contributed by atoms with Crippen LogP contribution in [0.15, 0.2) is 29.0 Å². The van der Waals surface area contributed by atoms with Crippen molar-refractivity contribution in [1.29, 1.82) is 0 Å². The first-order valence-electron chi connectivity index (χ1n) is 8.09. The van der Waals surface area contributed by atoms with Crippen LogP contribution in [0.3, 0.4) is 0 Å². The van der Waals surface area contributed by atoms with Gasteiger partial charge in [0.15, 0.2) is 0 Å². The van der Waals surface area contributed by atoms with E-state index >= 15 is 0 Å². The number of nitrogens with one attached hydrogen (secondary N) is 2. The third-order valence-electron chi connectivity index (χ3n) is 4.28. The Kier molecular flexibility index (Phi) is 5.55. The number of halogens is 2. The van der Waals surface area contributed by atoms with Crippen molar-refractivity contribution in [2.45, 2.75) is 18.9 Å². The molecular formula is C17H18BrFN4O3. The number of benzene rings is 1. The van der Waals surface area contributed by atoms with E-state index in [1.165, 1.54) is 18.1 Å². The third-order valence-corrected chi connectivity index (χ3v) is 4.77. The number of ether oxygens (including phenoxy) is 1. The zero-order valence-corrected chi connectivity index (χ0v) is 15.7. The van der Waals surface area contributed by atoms with E-state index < -0.39 is 17.8 Å². The monoisotopic (exact) mass is 424 g/mol. The number of amides is 2. The Labute approximate surface area is 158 Å². The summed E-state index contributed by atoms with van der Waals surface area (Å²) >= 11 is 3.24. The molecule has 2 amide bonds. The fraction of sp³-hybridized carbons (Fsp3) is 0.353. The summed E-state index contributed by atoms with van der Waals surface area (Å²) in [5, 5.41) is 2.69. The number of aromatic amines is 1. The van der Waals surface area contributed by atoms with Crippen LogP contribution in [-0.2, 0) is 16.0 Å². The second-order valence-corrected chi connectivity index (χ2v) is 6.75. The summed E-state index contributed by atoms with van der Waals surface area (Å²) < 4.78 is 19.8. The molecule has 0 radical (unpaired) electrons. The molecule has 0 aliphatic carbocycles. The molecule has 0 saturated carbocycles. The number of imidazole rings is 1. The highest BCUT2D eigenvalue weighted by molar-refractivity contribution is 9.10. The first-order valence-corrected chi connectivity index (χ1v) is 8.89. The molecule has 0 bridgehead atoms. The summed E-state index contributed by atoms with van der Waals surface area (Å²) in [6, 6.07) is 3.71. The molecule has 7 nitrogen and oxygen atoms in total. The van der Waals surface area contributed by atoms with Crippen LogP contribution in [0.25, 0.3) is 0 Å². The predicted molar refractivity (Wildman–Crippen MR) is 95.0 cm³/mol. The van der Waals surface area contributed by atoms with Gasteiger partial charge in [0.25, 0.3) is 0 Å². The van der Waals surface area contributed by atoms with Gasteiger partial charge in [0.05, 0.1) is 25.6 Å². The Morgan fingerprint density at radius 3 is 3.04 bits per heavy atom. The predicted octanol–water partition coefficient (Wildman–Crippen LogP) is 2.53. The summed E-state index contributed by atoms with van der Waals surface area (Å²) in [6.07, 6.45) is 2.21. The second kappa shape index (κ2) is 7.86. The summed E-state index contributed by atoms with van der Waals surface area (Å²) in [5.74, 6) is -0.832. The highest BCUT2D eigenvalue weighted by atomic mass is 79.9. The lowest BCUT2D eigenvalue weighted by molar-refractivity contribution is -0.140. The Hall–Kier alpha value is -2.42. The molecule has 2 heterocycles. The van der Waals surface area contributed by atoms with Gasteiger partial charge in [0, 0.05) is 35.2 Å². The highest BCUT2D eigenvalue weighted by Crippen LogP contribution is 2.35. The SMILES string of the molecule is COC(=O)CCNC(=O)N1CCc2[nH]cnc2[C@@H]1c1ccc(Br)cc1F. The molecule has 1 atom stereocenters. The molecule has 3 rings (SSSR count). The van der Waals surface area contributed by atoms with Crippen LogP contribution in [-0.4, -0.2) is 47.1 Å². The summed E-state index contributed by atoms with van der Waals surface area (Å²) in [6.45, 7) is 0.546. The summed E-state index contributed by atoms with van der Waals surface area (Å²) in [5.41, 5.74) is 1.88. The van der Waals surface area contributed by atoms with E-state index in [2.05, 4.69) is 36.0 Å². The van der Waals surface area contributed by atoms with Gasteiger partial charge in [-0.3, -0.25) is 4.79 Å². The topological polar surface area (TPSA) is 87.3 Å². The lowest BCUT2D eigenvalue weighted by Crippen LogP contribution is -2.46. The maximum absolute atomic E-state index is 14.6. The summed E-state index contributed by atoms with van der Waals surface area (Å²) in [7, 11) is 1.29. The van der Waals surface area contributed by atoms with Gasteiger partial charge in [0.1, 0.15) is 11.9 Å². The molecule has 0 saturated heterocycles.